The molecule has 0 amide bonds. The normalized spacial score (nSPS) is 12.5. The van der Waals surface area contributed by atoms with Crippen molar-refractivity contribution in [3.05, 3.63) is 76.6 Å². The van der Waals surface area contributed by atoms with Crippen LogP contribution in [-0.2, 0) is 13.0 Å². The van der Waals surface area contributed by atoms with E-state index in [0.29, 0.717) is 12.2 Å². The summed E-state index contributed by atoms with van der Waals surface area (Å²) in [6.45, 7) is 1.61. The van der Waals surface area contributed by atoms with Crippen molar-refractivity contribution < 1.29 is 0 Å². The fraction of sp³-hybridized carbons (Fsp3) is 0.261. The lowest BCUT2D eigenvalue weighted by Crippen LogP contribution is -2.27. The Morgan fingerprint density at radius 1 is 1.03 bits per heavy atom. The molecular formula is C23H23N5O. The van der Waals surface area contributed by atoms with Crippen molar-refractivity contribution in [1.82, 2.24) is 23.8 Å². The molecule has 0 unspecified atom stereocenters. The molecule has 0 spiro atoms. The molecule has 1 aliphatic rings. The summed E-state index contributed by atoms with van der Waals surface area (Å²) >= 11 is 0. The van der Waals surface area contributed by atoms with Crippen LogP contribution in [-0.4, -0.2) is 44.5 Å². The van der Waals surface area contributed by atoms with E-state index in [2.05, 4.69) is 47.2 Å². The van der Waals surface area contributed by atoms with Gasteiger partial charge in [0.05, 0.1) is 17.1 Å². The van der Waals surface area contributed by atoms with Crippen LogP contribution in [0.15, 0.2) is 59.8 Å². The first-order valence-corrected chi connectivity index (χ1v) is 9.92. The molecule has 0 fully saturated rings. The molecule has 0 saturated carbocycles. The van der Waals surface area contributed by atoms with Gasteiger partial charge in [-0.05, 0) is 44.8 Å². The van der Waals surface area contributed by atoms with Crippen LogP contribution in [0, 0.1) is 0 Å². The van der Waals surface area contributed by atoms with Crippen LogP contribution in [0.2, 0.25) is 0 Å². The maximum absolute atomic E-state index is 13.2. The fourth-order valence-corrected chi connectivity index (χ4v) is 4.33. The van der Waals surface area contributed by atoms with E-state index in [-0.39, 0.29) is 5.56 Å². The molecule has 0 bridgehead atoms. The second-order valence-corrected chi connectivity index (χ2v) is 7.75. The molecule has 0 atom stereocenters. The number of fused-ring (bicyclic) bond motifs is 5. The number of pyridine rings is 1. The first-order chi connectivity index (χ1) is 14.1. The Morgan fingerprint density at radius 2 is 1.90 bits per heavy atom. The van der Waals surface area contributed by atoms with Crippen LogP contribution in [0.3, 0.4) is 0 Å². The second kappa shape index (κ2) is 6.97. The van der Waals surface area contributed by atoms with Crippen molar-refractivity contribution in [3.8, 4) is 22.5 Å². The highest BCUT2D eigenvalue weighted by atomic mass is 16.1. The Morgan fingerprint density at radius 3 is 2.69 bits per heavy atom. The van der Waals surface area contributed by atoms with Gasteiger partial charge in [-0.25, -0.2) is 4.98 Å². The van der Waals surface area contributed by atoms with Gasteiger partial charge in [0.1, 0.15) is 0 Å². The van der Waals surface area contributed by atoms with Crippen LogP contribution in [0.25, 0.3) is 28.2 Å². The summed E-state index contributed by atoms with van der Waals surface area (Å²) in [6.07, 6.45) is 7.10. The SMILES string of the molecule is CN(C)CCCn1c2c(n3ccnc3c1=O)Cc1c(-c3ccccn3)cccc1-2. The number of benzene rings is 1. The van der Waals surface area contributed by atoms with Crippen molar-refractivity contribution in [3.63, 3.8) is 0 Å². The van der Waals surface area contributed by atoms with Crippen molar-refractivity contribution in [2.24, 2.45) is 0 Å². The highest BCUT2D eigenvalue weighted by Crippen LogP contribution is 2.40. The summed E-state index contributed by atoms with van der Waals surface area (Å²) in [5, 5.41) is 0. The molecule has 29 heavy (non-hydrogen) atoms. The van der Waals surface area contributed by atoms with Crippen molar-refractivity contribution in [2.45, 2.75) is 19.4 Å². The van der Waals surface area contributed by atoms with Gasteiger partial charge in [0.25, 0.3) is 5.56 Å². The Labute approximate surface area is 169 Å². The van der Waals surface area contributed by atoms with E-state index < -0.39 is 0 Å². The third-order valence-electron chi connectivity index (χ3n) is 5.61. The van der Waals surface area contributed by atoms with Crippen LogP contribution in [0.4, 0.5) is 0 Å². The number of hydrogen-bond donors (Lipinski definition) is 0. The molecule has 1 aliphatic carbocycles. The first kappa shape index (κ1) is 17.8. The maximum Gasteiger partial charge on any atom is 0.294 e. The molecule has 0 N–H and O–H groups in total. The summed E-state index contributed by atoms with van der Waals surface area (Å²) in [6, 6.07) is 12.3. The Kier molecular flexibility index (Phi) is 4.28. The van der Waals surface area contributed by atoms with E-state index in [1.165, 1.54) is 5.56 Å². The topological polar surface area (TPSA) is 55.4 Å². The molecule has 0 saturated heterocycles. The summed E-state index contributed by atoms with van der Waals surface area (Å²) in [4.78, 5) is 24.3. The lowest BCUT2D eigenvalue weighted by Gasteiger charge is -2.16. The van der Waals surface area contributed by atoms with Gasteiger partial charge < -0.3 is 9.47 Å². The second-order valence-electron chi connectivity index (χ2n) is 7.75. The smallest absolute Gasteiger partial charge is 0.294 e. The molecule has 0 radical (unpaired) electrons. The van der Waals surface area contributed by atoms with Gasteiger partial charge >= 0.3 is 0 Å². The Balaban J connectivity index is 1.72. The molecule has 3 aromatic heterocycles. The van der Waals surface area contributed by atoms with Gasteiger partial charge in [0.2, 0.25) is 5.65 Å². The fourth-order valence-electron chi connectivity index (χ4n) is 4.33. The highest BCUT2D eigenvalue weighted by Gasteiger charge is 2.28. The number of nitrogens with zero attached hydrogens (tertiary/aromatic N) is 5. The standard InChI is InChI=1S/C23H23N5O/c1-26(2)12-6-13-28-21-17-8-5-7-16(19-9-3-4-10-24-19)18(17)15-20(21)27-14-11-25-22(27)23(28)29/h3-5,7-11,14H,6,12-13,15H2,1-2H3. The zero-order valence-electron chi connectivity index (χ0n) is 16.7. The molecule has 3 heterocycles. The number of imidazole rings is 1. The van der Waals surface area contributed by atoms with Gasteiger partial charge in [-0.2, -0.15) is 0 Å². The quantitative estimate of drug-likeness (QED) is 0.467. The van der Waals surface area contributed by atoms with Gasteiger partial charge in [0.15, 0.2) is 0 Å². The van der Waals surface area contributed by atoms with E-state index in [0.717, 1.165) is 47.6 Å². The first-order valence-electron chi connectivity index (χ1n) is 9.92. The van der Waals surface area contributed by atoms with E-state index in [4.69, 9.17) is 0 Å². The molecule has 6 heteroatoms. The van der Waals surface area contributed by atoms with E-state index in [9.17, 15) is 4.79 Å². The van der Waals surface area contributed by atoms with Gasteiger partial charge in [-0.3, -0.25) is 14.2 Å². The average molecular weight is 385 g/mol. The Bertz CT molecular complexity index is 1250. The van der Waals surface area contributed by atoms with Crippen LogP contribution >= 0.6 is 0 Å². The third-order valence-corrected chi connectivity index (χ3v) is 5.61. The number of aromatic nitrogens is 4. The molecule has 4 aromatic rings. The zero-order valence-corrected chi connectivity index (χ0v) is 16.7. The lowest BCUT2D eigenvalue weighted by molar-refractivity contribution is 0.385. The van der Waals surface area contributed by atoms with Gasteiger partial charge in [-0.15, -0.1) is 0 Å². The predicted octanol–water partition coefficient (Wildman–Crippen LogP) is 3.08. The van der Waals surface area contributed by atoms with Crippen molar-refractivity contribution in [2.75, 3.05) is 20.6 Å². The van der Waals surface area contributed by atoms with Crippen molar-refractivity contribution in [1.29, 1.82) is 0 Å². The van der Waals surface area contributed by atoms with Crippen LogP contribution < -0.4 is 5.56 Å². The van der Waals surface area contributed by atoms with Crippen LogP contribution in [0.1, 0.15) is 17.7 Å². The minimum absolute atomic E-state index is 0.0244. The molecule has 146 valence electrons. The van der Waals surface area contributed by atoms with Gasteiger partial charge in [-0.1, -0.05) is 24.3 Å². The Hall–Kier alpha value is -3.25. The number of hydrogen-bond acceptors (Lipinski definition) is 4. The summed E-state index contributed by atoms with van der Waals surface area (Å²) in [5.74, 6) is 0. The largest absolute Gasteiger partial charge is 0.309 e. The van der Waals surface area contributed by atoms with Crippen LogP contribution in [0.5, 0.6) is 0 Å². The molecule has 6 nitrogen and oxygen atoms in total. The van der Waals surface area contributed by atoms with E-state index in [1.807, 2.05) is 39.6 Å². The summed E-state index contributed by atoms with van der Waals surface area (Å²) in [7, 11) is 4.11. The monoisotopic (exact) mass is 385 g/mol. The minimum Gasteiger partial charge on any atom is -0.309 e. The van der Waals surface area contributed by atoms with E-state index >= 15 is 0 Å². The molecular weight excluding hydrogens is 362 g/mol. The molecule has 0 aliphatic heterocycles. The van der Waals surface area contributed by atoms with Gasteiger partial charge in [0, 0.05) is 42.7 Å². The van der Waals surface area contributed by atoms with E-state index in [1.54, 1.807) is 6.20 Å². The summed E-state index contributed by atoms with van der Waals surface area (Å²) < 4.78 is 3.89. The maximum atomic E-state index is 13.2. The lowest BCUT2D eigenvalue weighted by atomic mass is 9.99. The highest BCUT2D eigenvalue weighted by molar-refractivity contribution is 5.82. The third kappa shape index (κ3) is 2.87. The summed E-state index contributed by atoms with van der Waals surface area (Å²) in [5.41, 5.74) is 7.06. The molecule has 1 aromatic carbocycles. The van der Waals surface area contributed by atoms with Crippen molar-refractivity contribution >= 4 is 5.65 Å². The predicted molar refractivity (Wildman–Crippen MR) is 114 cm³/mol. The number of rotatable bonds is 5. The average Bonchev–Trinajstić information content (AvgIpc) is 3.36. The molecule has 5 rings (SSSR count). The minimum atomic E-state index is -0.0244. The zero-order chi connectivity index (χ0) is 20.0.